The van der Waals surface area contributed by atoms with Crippen molar-refractivity contribution in [2.45, 2.75) is 19.9 Å². The first-order chi connectivity index (χ1) is 9.58. The summed E-state index contributed by atoms with van der Waals surface area (Å²) in [7, 11) is 0. The lowest BCUT2D eigenvalue weighted by Gasteiger charge is -2.05. The quantitative estimate of drug-likeness (QED) is 0.919. The zero-order valence-corrected chi connectivity index (χ0v) is 11.0. The molecule has 6 nitrogen and oxygen atoms in total. The lowest BCUT2D eigenvalue weighted by Crippen LogP contribution is -2.31. The predicted molar refractivity (Wildman–Crippen MR) is 70.0 cm³/mol. The first kappa shape index (κ1) is 13.4. The Morgan fingerprint density at radius 2 is 2.05 bits per heavy atom. The summed E-state index contributed by atoms with van der Waals surface area (Å²) in [5.74, 6) is 0.146. The number of aryl methyl sites for hydroxylation is 1. The molecule has 20 heavy (non-hydrogen) atoms. The van der Waals surface area contributed by atoms with Gasteiger partial charge in [-0.25, -0.2) is 0 Å². The van der Waals surface area contributed by atoms with Crippen LogP contribution in [0.5, 0.6) is 0 Å². The highest BCUT2D eigenvalue weighted by Crippen LogP contribution is 2.25. The Bertz CT molecular complexity index is 714. The van der Waals surface area contributed by atoms with Crippen LogP contribution in [-0.2, 0) is 0 Å². The topological polar surface area (TPSA) is 94.8 Å². The Hall–Kier alpha value is -2.99. The highest BCUT2D eigenvalue weighted by molar-refractivity contribution is 5.98. The van der Waals surface area contributed by atoms with Crippen molar-refractivity contribution < 1.29 is 9.21 Å². The minimum absolute atomic E-state index is 0.154. The van der Waals surface area contributed by atoms with Crippen molar-refractivity contribution in [3.05, 3.63) is 41.4 Å². The highest BCUT2D eigenvalue weighted by Gasteiger charge is 2.25. The van der Waals surface area contributed by atoms with Gasteiger partial charge in [-0.1, -0.05) is 0 Å². The number of amides is 1. The fourth-order valence-corrected chi connectivity index (χ4v) is 1.86. The van der Waals surface area contributed by atoms with Crippen molar-refractivity contribution in [1.29, 1.82) is 10.5 Å². The van der Waals surface area contributed by atoms with Gasteiger partial charge in [-0.3, -0.25) is 9.36 Å². The summed E-state index contributed by atoms with van der Waals surface area (Å²) in [6, 6.07) is 6.83. The Balaban J connectivity index is 2.48. The molecule has 0 aromatic carbocycles. The molecule has 0 aliphatic heterocycles. The van der Waals surface area contributed by atoms with E-state index in [4.69, 9.17) is 9.68 Å². The van der Waals surface area contributed by atoms with Crippen LogP contribution in [0.4, 0.5) is 0 Å². The molecule has 1 atom stereocenters. The lowest BCUT2D eigenvalue weighted by atomic mass is 10.1. The van der Waals surface area contributed by atoms with Crippen molar-refractivity contribution in [3.63, 3.8) is 0 Å². The normalized spacial score (nSPS) is 11.4. The zero-order valence-electron chi connectivity index (χ0n) is 11.0. The number of furan rings is 1. The number of nitriles is 2. The van der Waals surface area contributed by atoms with Gasteiger partial charge in [0.25, 0.3) is 5.91 Å². The van der Waals surface area contributed by atoms with Crippen LogP contribution in [0.15, 0.2) is 28.9 Å². The van der Waals surface area contributed by atoms with Crippen LogP contribution >= 0.6 is 0 Å². The molecule has 2 heterocycles. The second-order valence-electron chi connectivity index (χ2n) is 4.24. The molecule has 0 fully saturated rings. The summed E-state index contributed by atoms with van der Waals surface area (Å²) in [6.45, 7) is 3.17. The Morgan fingerprint density at radius 1 is 1.40 bits per heavy atom. The van der Waals surface area contributed by atoms with E-state index in [0.717, 1.165) is 0 Å². The van der Waals surface area contributed by atoms with Crippen LogP contribution in [0, 0.1) is 29.6 Å². The number of hydrogen-bond acceptors (Lipinski definition) is 4. The van der Waals surface area contributed by atoms with E-state index in [1.54, 1.807) is 42.9 Å². The van der Waals surface area contributed by atoms with Gasteiger partial charge in [-0.2, -0.15) is 10.5 Å². The van der Waals surface area contributed by atoms with Crippen LogP contribution < -0.4 is 5.32 Å². The SMILES string of the molecule is Cc1oc(-n2cccc2)c(C#N)c1C(=O)NC(C)C#N. The number of hydrogen-bond donors (Lipinski definition) is 1. The van der Waals surface area contributed by atoms with Gasteiger partial charge in [0.15, 0.2) is 0 Å². The molecule has 0 saturated heterocycles. The zero-order chi connectivity index (χ0) is 14.7. The Labute approximate surface area is 115 Å². The molecule has 0 radical (unpaired) electrons. The second kappa shape index (κ2) is 5.33. The van der Waals surface area contributed by atoms with Gasteiger partial charge < -0.3 is 9.73 Å². The highest BCUT2D eigenvalue weighted by atomic mass is 16.4. The molecular formula is C14H12N4O2. The molecule has 100 valence electrons. The van der Waals surface area contributed by atoms with Gasteiger partial charge in [0.2, 0.25) is 5.88 Å². The number of aromatic nitrogens is 1. The van der Waals surface area contributed by atoms with Gasteiger partial charge in [0.05, 0.1) is 6.07 Å². The monoisotopic (exact) mass is 268 g/mol. The van der Waals surface area contributed by atoms with Gasteiger partial charge in [-0.15, -0.1) is 0 Å². The van der Waals surface area contributed by atoms with Crippen LogP contribution in [-0.4, -0.2) is 16.5 Å². The third-order valence-electron chi connectivity index (χ3n) is 2.78. The molecule has 6 heteroatoms. The molecule has 1 N–H and O–H groups in total. The third-order valence-corrected chi connectivity index (χ3v) is 2.78. The Morgan fingerprint density at radius 3 is 2.60 bits per heavy atom. The van der Waals surface area contributed by atoms with Crippen LogP contribution in [0.3, 0.4) is 0 Å². The van der Waals surface area contributed by atoms with Crippen molar-refractivity contribution in [3.8, 4) is 18.0 Å². The summed E-state index contributed by atoms with van der Waals surface area (Å²) in [5, 5.41) is 20.5. The van der Waals surface area contributed by atoms with Crippen LogP contribution in [0.2, 0.25) is 0 Å². The third kappa shape index (κ3) is 2.27. The van der Waals surface area contributed by atoms with E-state index >= 15 is 0 Å². The fraction of sp³-hybridized carbons (Fsp3) is 0.214. The first-order valence-corrected chi connectivity index (χ1v) is 5.95. The number of carbonyl (C=O) groups is 1. The molecule has 2 rings (SSSR count). The maximum atomic E-state index is 12.1. The largest absolute Gasteiger partial charge is 0.443 e. The average Bonchev–Trinajstić information content (AvgIpc) is 3.04. The van der Waals surface area contributed by atoms with Crippen molar-refractivity contribution in [2.24, 2.45) is 0 Å². The standard InChI is InChI=1S/C14H12N4O2/c1-9(7-15)17-13(19)12-10(2)20-14(11(12)8-16)18-5-3-4-6-18/h3-6,9H,1-2H3,(H,17,19). The summed E-state index contributed by atoms with van der Waals surface area (Å²) >= 11 is 0. The lowest BCUT2D eigenvalue weighted by molar-refractivity contribution is 0.0946. The van der Waals surface area contributed by atoms with Crippen LogP contribution in [0.25, 0.3) is 5.88 Å². The van der Waals surface area contributed by atoms with E-state index in [1.807, 2.05) is 12.1 Å². The summed E-state index contributed by atoms with van der Waals surface area (Å²) in [4.78, 5) is 12.1. The Kier molecular flexibility index (Phi) is 3.58. The van der Waals surface area contributed by atoms with Crippen molar-refractivity contribution in [1.82, 2.24) is 9.88 Å². The molecule has 2 aromatic rings. The number of rotatable bonds is 3. The summed E-state index contributed by atoms with van der Waals surface area (Å²) in [6.07, 6.45) is 3.44. The number of nitrogens with zero attached hydrogens (tertiary/aromatic N) is 3. The number of nitrogens with one attached hydrogen (secondary N) is 1. The summed E-state index contributed by atoms with van der Waals surface area (Å²) < 4.78 is 7.14. The molecule has 0 aliphatic rings. The van der Waals surface area contributed by atoms with E-state index in [1.165, 1.54) is 0 Å². The molecule has 1 unspecified atom stereocenters. The van der Waals surface area contributed by atoms with Gasteiger partial charge in [0.1, 0.15) is 29.0 Å². The van der Waals surface area contributed by atoms with Crippen molar-refractivity contribution >= 4 is 5.91 Å². The minimum atomic E-state index is -0.640. The van der Waals surface area contributed by atoms with E-state index in [2.05, 4.69) is 5.32 Å². The molecule has 0 saturated carbocycles. The van der Waals surface area contributed by atoms with Gasteiger partial charge in [0, 0.05) is 12.4 Å². The molecule has 2 aromatic heterocycles. The van der Waals surface area contributed by atoms with Gasteiger partial charge in [-0.05, 0) is 26.0 Å². The molecular weight excluding hydrogens is 256 g/mol. The van der Waals surface area contributed by atoms with E-state index in [0.29, 0.717) is 11.6 Å². The average molecular weight is 268 g/mol. The predicted octanol–water partition coefficient (Wildman–Crippen LogP) is 1.89. The maximum Gasteiger partial charge on any atom is 0.257 e. The second-order valence-corrected chi connectivity index (χ2v) is 4.24. The molecule has 0 aliphatic carbocycles. The van der Waals surface area contributed by atoms with E-state index in [9.17, 15) is 10.1 Å². The van der Waals surface area contributed by atoms with Crippen LogP contribution in [0.1, 0.15) is 28.6 Å². The van der Waals surface area contributed by atoms with Gasteiger partial charge >= 0.3 is 0 Å². The molecule has 0 spiro atoms. The smallest absolute Gasteiger partial charge is 0.257 e. The number of carbonyl (C=O) groups excluding carboxylic acids is 1. The first-order valence-electron chi connectivity index (χ1n) is 5.95. The van der Waals surface area contributed by atoms with E-state index < -0.39 is 11.9 Å². The van der Waals surface area contributed by atoms with Crippen molar-refractivity contribution in [2.75, 3.05) is 0 Å². The minimum Gasteiger partial charge on any atom is -0.443 e. The fourth-order valence-electron chi connectivity index (χ4n) is 1.86. The van der Waals surface area contributed by atoms with E-state index in [-0.39, 0.29) is 11.1 Å². The summed E-state index contributed by atoms with van der Waals surface area (Å²) in [5.41, 5.74) is 0.319. The maximum absolute atomic E-state index is 12.1. The molecule has 0 bridgehead atoms. The molecule has 1 amide bonds.